The van der Waals surface area contributed by atoms with Gasteiger partial charge >= 0.3 is 0 Å². The van der Waals surface area contributed by atoms with Gasteiger partial charge in [-0.2, -0.15) is 0 Å². The zero-order valence-corrected chi connectivity index (χ0v) is 15.3. The van der Waals surface area contributed by atoms with Crippen LogP contribution in [-0.2, 0) is 13.0 Å². The van der Waals surface area contributed by atoms with E-state index < -0.39 is 5.91 Å². The van der Waals surface area contributed by atoms with Gasteiger partial charge in [0.15, 0.2) is 0 Å². The van der Waals surface area contributed by atoms with Crippen molar-refractivity contribution >= 4 is 11.8 Å². The Morgan fingerprint density at radius 2 is 1.65 bits per heavy atom. The van der Waals surface area contributed by atoms with Crippen LogP contribution in [0.4, 0.5) is 0 Å². The maximum atomic E-state index is 12.4. The van der Waals surface area contributed by atoms with Crippen LogP contribution in [0.2, 0.25) is 0 Å². The SMILES string of the molecule is CC(C)(CNC(=O)c1ccc(C(N)=O)cc1)N1CCc2ccccc2C1. The molecule has 136 valence electrons. The molecule has 0 atom stereocenters. The molecule has 0 radical (unpaired) electrons. The molecule has 0 fully saturated rings. The lowest BCUT2D eigenvalue weighted by atomic mass is 9.94. The zero-order valence-electron chi connectivity index (χ0n) is 15.3. The first-order valence-electron chi connectivity index (χ1n) is 8.87. The minimum absolute atomic E-state index is 0.147. The zero-order chi connectivity index (χ0) is 18.7. The number of amides is 2. The second-order valence-corrected chi connectivity index (χ2v) is 7.38. The Morgan fingerprint density at radius 1 is 1.04 bits per heavy atom. The molecule has 3 N–H and O–H groups in total. The van der Waals surface area contributed by atoms with Gasteiger partial charge in [0.2, 0.25) is 5.91 Å². The highest BCUT2D eigenvalue weighted by Crippen LogP contribution is 2.25. The van der Waals surface area contributed by atoms with Crippen LogP contribution in [0.25, 0.3) is 0 Å². The van der Waals surface area contributed by atoms with Crippen LogP contribution < -0.4 is 11.1 Å². The van der Waals surface area contributed by atoms with E-state index in [9.17, 15) is 9.59 Å². The minimum Gasteiger partial charge on any atom is -0.366 e. The van der Waals surface area contributed by atoms with E-state index in [0.29, 0.717) is 17.7 Å². The molecule has 3 rings (SSSR count). The predicted octanol–water partition coefficient (Wildman–Crippen LogP) is 2.35. The van der Waals surface area contributed by atoms with Gasteiger partial charge in [-0.05, 0) is 55.7 Å². The Hall–Kier alpha value is -2.66. The van der Waals surface area contributed by atoms with Gasteiger partial charge in [-0.25, -0.2) is 0 Å². The van der Waals surface area contributed by atoms with Crippen LogP contribution in [-0.4, -0.2) is 35.3 Å². The van der Waals surface area contributed by atoms with Crippen LogP contribution in [0.5, 0.6) is 0 Å². The summed E-state index contributed by atoms with van der Waals surface area (Å²) in [6.07, 6.45) is 1.03. The number of hydrogen-bond donors (Lipinski definition) is 2. The number of carbonyl (C=O) groups excluding carboxylic acids is 2. The number of benzene rings is 2. The van der Waals surface area contributed by atoms with Gasteiger partial charge in [-0.1, -0.05) is 24.3 Å². The van der Waals surface area contributed by atoms with E-state index in [0.717, 1.165) is 19.5 Å². The fourth-order valence-electron chi connectivity index (χ4n) is 3.31. The molecule has 1 aliphatic heterocycles. The third-order valence-electron chi connectivity index (χ3n) is 5.10. The number of fused-ring (bicyclic) bond motifs is 1. The molecular weight excluding hydrogens is 326 g/mol. The lowest BCUT2D eigenvalue weighted by molar-refractivity contribution is 0.0826. The maximum Gasteiger partial charge on any atom is 0.251 e. The molecule has 0 saturated carbocycles. The van der Waals surface area contributed by atoms with E-state index in [2.05, 4.69) is 48.3 Å². The van der Waals surface area contributed by atoms with Gasteiger partial charge in [0.25, 0.3) is 5.91 Å². The number of rotatable bonds is 5. The molecule has 5 nitrogen and oxygen atoms in total. The number of hydrogen-bond acceptors (Lipinski definition) is 3. The van der Waals surface area contributed by atoms with Crippen LogP contribution in [0.3, 0.4) is 0 Å². The number of nitrogens with two attached hydrogens (primary N) is 1. The van der Waals surface area contributed by atoms with Crippen molar-refractivity contribution in [3.05, 3.63) is 70.8 Å². The molecule has 5 heteroatoms. The minimum atomic E-state index is -0.497. The molecule has 0 bridgehead atoms. The van der Waals surface area contributed by atoms with Crippen LogP contribution >= 0.6 is 0 Å². The van der Waals surface area contributed by atoms with E-state index in [1.54, 1.807) is 24.3 Å². The number of primary amides is 1. The predicted molar refractivity (Wildman–Crippen MR) is 102 cm³/mol. The molecule has 2 aromatic rings. The van der Waals surface area contributed by atoms with Crippen molar-refractivity contribution in [3.63, 3.8) is 0 Å². The van der Waals surface area contributed by atoms with Crippen LogP contribution in [0.15, 0.2) is 48.5 Å². The standard InChI is InChI=1S/C21H25N3O2/c1-21(2,24-12-11-15-5-3-4-6-18(15)13-24)14-23-20(26)17-9-7-16(8-10-17)19(22)25/h3-10H,11-14H2,1-2H3,(H2,22,25)(H,23,26). The van der Waals surface area contributed by atoms with E-state index in [4.69, 9.17) is 5.73 Å². The Bertz CT molecular complexity index is 812. The topological polar surface area (TPSA) is 75.4 Å². The number of carbonyl (C=O) groups is 2. The second kappa shape index (κ2) is 7.30. The lowest BCUT2D eigenvalue weighted by Gasteiger charge is -2.41. The average Bonchev–Trinajstić information content (AvgIpc) is 2.65. The summed E-state index contributed by atoms with van der Waals surface area (Å²) in [6, 6.07) is 14.9. The highest BCUT2D eigenvalue weighted by Gasteiger charge is 2.30. The molecule has 2 aromatic carbocycles. The third kappa shape index (κ3) is 3.94. The highest BCUT2D eigenvalue weighted by molar-refractivity contribution is 5.97. The third-order valence-corrected chi connectivity index (χ3v) is 5.10. The Balaban J connectivity index is 1.61. The first kappa shape index (κ1) is 18.1. The molecule has 0 unspecified atom stereocenters. The monoisotopic (exact) mass is 351 g/mol. The highest BCUT2D eigenvalue weighted by atomic mass is 16.2. The fraction of sp³-hybridized carbons (Fsp3) is 0.333. The van der Waals surface area contributed by atoms with Crippen molar-refractivity contribution in [1.82, 2.24) is 10.2 Å². The quantitative estimate of drug-likeness (QED) is 0.868. The summed E-state index contributed by atoms with van der Waals surface area (Å²) in [5, 5.41) is 3.01. The molecule has 0 saturated heterocycles. The van der Waals surface area contributed by atoms with Gasteiger partial charge < -0.3 is 11.1 Å². The molecule has 26 heavy (non-hydrogen) atoms. The van der Waals surface area contributed by atoms with E-state index in [-0.39, 0.29) is 11.4 Å². The van der Waals surface area contributed by atoms with Crippen molar-refractivity contribution in [2.45, 2.75) is 32.4 Å². The first-order chi connectivity index (χ1) is 12.4. The van der Waals surface area contributed by atoms with E-state index >= 15 is 0 Å². The van der Waals surface area contributed by atoms with Crippen molar-refractivity contribution in [3.8, 4) is 0 Å². The van der Waals surface area contributed by atoms with Crippen molar-refractivity contribution < 1.29 is 9.59 Å². The molecule has 1 heterocycles. The first-order valence-corrected chi connectivity index (χ1v) is 8.87. The normalized spacial score (nSPS) is 14.5. The van der Waals surface area contributed by atoms with Crippen molar-refractivity contribution in [1.29, 1.82) is 0 Å². The van der Waals surface area contributed by atoms with E-state index in [1.807, 2.05) is 0 Å². The van der Waals surface area contributed by atoms with Gasteiger partial charge in [-0.3, -0.25) is 14.5 Å². The molecule has 0 aliphatic carbocycles. The van der Waals surface area contributed by atoms with Crippen LogP contribution in [0.1, 0.15) is 45.7 Å². The largest absolute Gasteiger partial charge is 0.366 e. The van der Waals surface area contributed by atoms with E-state index in [1.165, 1.54) is 11.1 Å². The summed E-state index contributed by atoms with van der Waals surface area (Å²) in [6.45, 7) is 6.72. The van der Waals surface area contributed by atoms with Crippen molar-refractivity contribution in [2.24, 2.45) is 5.73 Å². The molecule has 2 amide bonds. The molecular formula is C21H25N3O2. The summed E-state index contributed by atoms with van der Waals surface area (Å²) >= 11 is 0. The summed E-state index contributed by atoms with van der Waals surface area (Å²) < 4.78 is 0. The van der Waals surface area contributed by atoms with Gasteiger partial charge in [0.1, 0.15) is 0 Å². The summed E-state index contributed by atoms with van der Waals surface area (Å²) in [5.74, 6) is -0.644. The van der Waals surface area contributed by atoms with Crippen LogP contribution in [0, 0.1) is 0 Å². The van der Waals surface area contributed by atoms with Gasteiger partial charge in [0, 0.05) is 36.3 Å². The summed E-state index contributed by atoms with van der Waals surface area (Å²) in [7, 11) is 0. The summed E-state index contributed by atoms with van der Waals surface area (Å²) in [4.78, 5) is 25.9. The smallest absolute Gasteiger partial charge is 0.251 e. The number of nitrogens with zero attached hydrogens (tertiary/aromatic N) is 1. The summed E-state index contributed by atoms with van der Waals surface area (Å²) in [5.41, 5.74) is 8.77. The Kier molecular flexibility index (Phi) is 5.09. The fourth-order valence-corrected chi connectivity index (χ4v) is 3.31. The lowest BCUT2D eigenvalue weighted by Crippen LogP contribution is -2.53. The molecule has 0 aromatic heterocycles. The Labute approximate surface area is 154 Å². The maximum absolute atomic E-state index is 12.4. The molecule has 0 spiro atoms. The second-order valence-electron chi connectivity index (χ2n) is 7.38. The molecule has 1 aliphatic rings. The van der Waals surface area contributed by atoms with Gasteiger partial charge in [0.05, 0.1) is 0 Å². The number of nitrogens with one attached hydrogen (secondary N) is 1. The van der Waals surface area contributed by atoms with Crippen molar-refractivity contribution in [2.75, 3.05) is 13.1 Å². The Morgan fingerprint density at radius 3 is 2.31 bits per heavy atom. The van der Waals surface area contributed by atoms with Gasteiger partial charge in [-0.15, -0.1) is 0 Å². The average molecular weight is 351 g/mol.